The molecule has 19 heavy (non-hydrogen) atoms. The van der Waals surface area contributed by atoms with E-state index in [4.69, 9.17) is 0 Å². The van der Waals surface area contributed by atoms with E-state index in [1.807, 2.05) is 37.3 Å². The largest absolute Gasteiger partial charge is 0.356 e. The van der Waals surface area contributed by atoms with E-state index >= 15 is 0 Å². The van der Waals surface area contributed by atoms with Gasteiger partial charge in [0.15, 0.2) is 0 Å². The summed E-state index contributed by atoms with van der Waals surface area (Å²) in [4.78, 5) is 16.3. The van der Waals surface area contributed by atoms with Crippen molar-refractivity contribution in [2.45, 2.75) is 33.1 Å². The Bertz CT molecular complexity index is 578. The molecule has 0 saturated heterocycles. The first-order valence-corrected chi connectivity index (χ1v) is 6.82. The summed E-state index contributed by atoms with van der Waals surface area (Å²) in [6, 6.07) is 10.1. The minimum absolute atomic E-state index is 0.0499. The smallest absolute Gasteiger partial charge is 0.226 e. The van der Waals surface area contributed by atoms with E-state index in [2.05, 4.69) is 17.2 Å². The van der Waals surface area contributed by atoms with E-state index < -0.39 is 0 Å². The first-order valence-electron chi connectivity index (χ1n) is 6.82. The van der Waals surface area contributed by atoms with Gasteiger partial charge >= 0.3 is 0 Å². The second kappa shape index (κ2) is 6.32. The standard InChI is InChI=1S/C16H20N2O/c1-3-4-10-17-15(19)11-14-9-8-13-7-5-6-12(2)16(13)18-14/h5-9H,3-4,10-11H2,1-2H3,(H,17,19). The molecule has 2 rings (SSSR count). The van der Waals surface area contributed by atoms with Crippen LogP contribution in [0, 0.1) is 6.92 Å². The van der Waals surface area contributed by atoms with E-state index in [1.165, 1.54) is 0 Å². The van der Waals surface area contributed by atoms with Crippen molar-refractivity contribution in [3.8, 4) is 0 Å². The number of fused-ring (bicyclic) bond motifs is 1. The molecule has 1 aromatic heterocycles. The van der Waals surface area contributed by atoms with E-state index in [0.29, 0.717) is 6.42 Å². The fourth-order valence-electron chi connectivity index (χ4n) is 2.07. The summed E-state index contributed by atoms with van der Waals surface area (Å²) in [7, 11) is 0. The number of benzene rings is 1. The van der Waals surface area contributed by atoms with Crippen LogP contribution >= 0.6 is 0 Å². The average molecular weight is 256 g/mol. The molecule has 0 aliphatic heterocycles. The summed E-state index contributed by atoms with van der Waals surface area (Å²) in [5.74, 6) is 0.0499. The molecular formula is C16H20N2O. The van der Waals surface area contributed by atoms with Crippen LogP contribution in [0.25, 0.3) is 10.9 Å². The third-order valence-corrected chi connectivity index (χ3v) is 3.17. The monoisotopic (exact) mass is 256 g/mol. The normalized spacial score (nSPS) is 10.6. The number of hydrogen-bond donors (Lipinski definition) is 1. The highest BCUT2D eigenvalue weighted by Crippen LogP contribution is 2.16. The topological polar surface area (TPSA) is 42.0 Å². The molecule has 0 radical (unpaired) electrons. The Balaban J connectivity index is 2.09. The van der Waals surface area contributed by atoms with Gasteiger partial charge in [-0.2, -0.15) is 0 Å². The number of nitrogens with one attached hydrogen (secondary N) is 1. The molecule has 1 amide bonds. The zero-order chi connectivity index (χ0) is 13.7. The molecule has 1 N–H and O–H groups in total. The highest BCUT2D eigenvalue weighted by Gasteiger charge is 2.06. The quantitative estimate of drug-likeness (QED) is 0.836. The molecule has 0 unspecified atom stereocenters. The Kier molecular flexibility index (Phi) is 4.50. The van der Waals surface area contributed by atoms with Crippen LogP contribution in [0.5, 0.6) is 0 Å². The Morgan fingerprint density at radius 1 is 1.26 bits per heavy atom. The first kappa shape index (κ1) is 13.5. The fraction of sp³-hybridized carbons (Fsp3) is 0.375. The summed E-state index contributed by atoms with van der Waals surface area (Å²) in [6.45, 7) is 4.90. The molecule has 3 heteroatoms. The van der Waals surface area contributed by atoms with Crippen LogP contribution < -0.4 is 5.32 Å². The highest BCUT2D eigenvalue weighted by atomic mass is 16.1. The molecule has 0 saturated carbocycles. The predicted octanol–water partition coefficient (Wildman–Crippen LogP) is 3.00. The molecule has 0 aliphatic rings. The van der Waals surface area contributed by atoms with E-state index in [0.717, 1.165) is 41.5 Å². The lowest BCUT2D eigenvalue weighted by molar-refractivity contribution is -0.120. The predicted molar refractivity (Wildman–Crippen MR) is 78.1 cm³/mol. The van der Waals surface area contributed by atoms with Gasteiger partial charge in [-0.3, -0.25) is 9.78 Å². The molecule has 100 valence electrons. The Morgan fingerprint density at radius 2 is 2.11 bits per heavy atom. The number of carbonyl (C=O) groups excluding carboxylic acids is 1. The van der Waals surface area contributed by atoms with Crippen molar-refractivity contribution >= 4 is 16.8 Å². The second-order valence-corrected chi connectivity index (χ2v) is 4.83. The van der Waals surface area contributed by atoms with Crippen LogP contribution in [0.4, 0.5) is 0 Å². The van der Waals surface area contributed by atoms with Gasteiger partial charge in [0.2, 0.25) is 5.91 Å². The third kappa shape index (κ3) is 3.53. The van der Waals surface area contributed by atoms with Crippen LogP contribution in [-0.2, 0) is 11.2 Å². The van der Waals surface area contributed by atoms with Crippen molar-refractivity contribution in [3.05, 3.63) is 41.6 Å². The number of aromatic nitrogens is 1. The number of para-hydroxylation sites is 1. The summed E-state index contributed by atoms with van der Waals surface area (Å²) in [5, 5.41) is 4.04. The van der Waals surface area contributed by atoms with Gasteiger partial charge in [0.05, 0.1) is 17.6 Å². The molecule has 0 fully saturated rings. The van der Waals surface area contributed by atoms with Gasteiger partial charge in [0, 0.05) is 11.9 Å². The average Bonchev–Trinajstić information content (AvgIpc) is 2.40. The molecule has 1 aromatic carbocycles. The summed E-state index contributed by atoms with van der Waals surface area (Å²) < 4.78 is 0. The number of unbranched alkanes of at least 4 members (excludes halogenated alkanes) is 1. The Morgan fingerprint density at radius 3 is 2.89 bits per heavy atom. The zero-order valence-corrected chi connectivity index (χ0v) is 11.6. The summed E-state index contributed by atoms with van der Waals surface area (Å²) >= 11 is 0. The van der Waals surface area contributed by atoms with E-state index in [9.17, 15) is 4.79 Å². The summed E-state index contributed by atoms with van der Waals surface area (Å²) in [6.07, 6.45) is 2.47. The zero-order valence-electron chi connectivity index (χ0n) is 11.6. The minimum Gasteiger partial charge on any atom is -0.356 e. The van der Waals surface area contributed by atoms with Crippen LogP contribution in [0.2, 0.25) is 0 Å². The van der Waals surface area contributed by atoms with Crippen molar-refractivity contribution < 1.29 is 4.79 Å². The van der Waals surface area contributed by atoms with Crippen molar-refractivity contribution in [2.75, 3.05) is 6.54 Å². The number of carbonyl (C=O) groups is 1. The van der Waals surface area contributed by atoms with Gasteiger partial charge in [-0.25, -0.2) is 0 Å². The number of pyridine rings is 1. The SMILES string of the molecule is CCCCNC(=O)Cc1ccc2cccc(C)c2n1. The van der Waals surface area contributed by atoms with E-state index in [-0.39, 0.29) is 5.91 Å². The molecule has 0 aliphatic carbocycles. The summed E-state index contributed by atoms with van der Waals surface area (Å²) in [5.41, 5.74) is 2.96. The molecule has 2 aromatic rings. The lowest BCUT2D eigenvalue weighted by atomic mass is 10.1. The minimum atomic E-state index is 0.0499. The molecule has 3 nitrogen and oxygen atoms in total. The second-order valence-electron chi connectivity index (χ2n) is 4.83. The van der Waals surface area contributed by atoms with Crippen molar-refractivity contribution in [1.29, 1.82) is 0 Å². The van der Waals surface area contributed by atoms with Gasteiger partial charge in [0.1, 0.15) is 0 Å². The maximum atomic E-state index is 11.8. The maximum absolute atomic E-state index is 11.8. The highest BCUT2D eigenvalue weighted by molar-refractivity contribution is 5.83. The maximum Gasteiger partial charge on any atom is 0.226 e. The first-order chi connectivity index (χ1) is 9.20. The molecule has 1 heterocycles. The molecule has 0 bridgehead atoms. The van der Waals surface area contributed by atoms with Crippen LogP contribution in [0.3, 0.4) is 0 Å². The number of rotatable bonds is 5. The lowest BCUT2D eigenvalue weighted by Crippen LogP contribution is -2.26. The van der Waals surface area contributed by atoms with Crippen molar-refractivity contribution in [3.63, 3.8) is 0 Å². The van der Waals surface area contributed by atoms with Gasteiger partial charge in [-0.05, 0) is 25.0 Å². The number of aryl methyl sites for hydroxylation is 1. The third-order valence-electron chi connectivity index (χ3n) is 3.17. The number of hydrogen-bond acceptors (Lipinski definition) is 2. The van der Waals surface area contributed by atoms with Gasteiger partial charge in [0.25, 0.3) is 0 Å². The van der Waals surface area contributed by atoms with E-state index in [1.54, 1.807) is 0 Å². The molecule has 0 atom stereocenters. The van der Waals surface area contributed by atoms with Gasteiger partial charge < -0.3 is 5.32 Å². The van der Waals surface area contributed by atoms with Gasteiger partial charge in [-0.1, -0.05) is 37.6 Å². The number of amides is 1. The number of nitrogens with zero attached hydrogens (tertiary/aromatic N) is 1. The van der Waals surface area contributed by atoms with Crippen molar-refractivity contribution in [2.24, 2.45) is 0 Å². The van der Waals surface area contributed by atoms with Crippen LogP contribution in [-0.4, -0.2) is 17.4 Å². The van der Waals surface area contributed by atoms with Gasteiger partial charge in [-0.15, -0.1) is 0 Å². The Hall–Kier alpha value is -1.90. The van der Waals surface area contributed by atoms with Crippen LogP contribution in [0.1, 0.15) is 31.0 Å². The molecular weight excluding hydrogens is 236 g/mol. The van der Waals surface area contributed by atoms with Crippen molar-refractivity contribution in [1.82, 2.24) is 10.3 Å². The lowest BCUT2D eigenvalue weighted by Gasteiger charge is -2.06. The fourth-order valence-corrected chi connectivity index (χ4v) is 2.07. The Labute approximate surface area is 114 Å². The molecule has 0 spiro atoms. The van der Waals surface area contributed by atoms with Crippen LogP contribution in [0.15, 0.2) is 30.3 Å².